The van der Waals surface area contributed by atoms with E-state index in [-0.39, 0.29) is 17.8 Å². The Morgan fingerprint density at radius 2 is 1.72 bits per heavy atom. The van der Waals surface area contributed by atoms with Gasteiger partial charge in [0.15, 0.2) is 0 Å². The number of hydrogen-bond acceptors (Lipinski definition) is 6. The molecule has 0 atom stereocenters. The molecule has 4 N–H and O–H groups in total. The maximum absolute atomic E-state index is 12.4. The lowest BCUT2D eigenvalue weighted by Crippen LogP contribution is -2.24. The SMILES string of the molecule is CCCNC(=O)c1ccc(C)c(-c2nc(N)nc3sc(C(=O)NCCC)cc23)c1. The molecule has 0 aliphatic rings. The van der Waals surface area contributed by atoms with Crippen molar-refractivity contribution in [3.8, 4) is 11.3 Å². The van der Waals surface area contributed by atoms with Gasteiger partial charge in [-0.05, 0) is 43.5 Å². The second-order valence-corrected chi connectivity index (χ2v) is 7.83. The van der Waals surface area contributed by atoms with Gasteiger partial charge in [-0.15, -0.1) is 11.3 Å². The summed E-state index contributed by atoms with van der Waals surface area (Å²) in [5.74, 6) is -0.129. The standard InChI is InChI=1S/C21H25N5O2S/c1-4-8-23-18(27)13-7-6-12(3)14(10-13)17-15-11-16(19(28)24-9-5-2)29-20(15)26-21(22)25-17/h6-7,10-11H,4-5,8-9H2,1-3H3,(H,23,27)(H,24,28)(H2,22,25,26). The number of hydrogen-bond donors (Lipinski definition) is 3. The van der Waals surface area contributed by atoms with Gasteiger partial charge >= 0.3 is 0 Å². The van der Waals surface area contributed by atoms with Crippen LogP contribution in [0.15, 0.2) is 24.3 Å². The van der Waals surface area contributed by atoms with Crippen LogP contribution in [0, 0.1) is 6.92 Å². The molecule has 0 aliphatic carbocycles. The van der Waals surface area contributed by atoms with E-state index < -0.39 is 0 Å². The number of nitrogens with one attached hydrogen (secondary N) is 2. The van der Waals surface area contributed by atoms with Crippen LogP contribution in [0.3, 0.4) is 0 Å². The third kappa shape index (κ3) is 4.54. The fourth-order valence-electron chi connectivity index (χ4n) is 2.94. The summed E-state index contributed by atoms with van der Waals surface area (Å²) in [7, 11) is 0. The minimum atomic E-state index is -0.135. The number of anilines is 1. The molecule has 29 heavy (non-hydrogen) atoms. The van der Waals surface area contributed by atoms with Crippen LogP contribution in [0.5, 0.6) is 0 Å². The lowest BCUT2D eigenvalue weighted by molar-refractivity contribution is 0.0947. The number of nitrogens with two attached hydrogens (primary N) is 1. The van der Waals surface area contributed by atoms with Crippen molar-refractivity contribution in [2.75, 3.05) is 18.8 Å². The highest BCUT2D eigenvalue weighted by Gasteiger charge is 2.18. The first-order valence-electron chi connectivity index (χ1n) is 9.69. The third-order valence-corrected chi connectivity index (χ3v) is 5.49. The normalized spacial score (nSPS) is 10.9. The number of amides is 2. The summed E-state index contributed by atoms with van der Waals surface area (Å²) in [4.78, 5) is 34.7. The van der Waals surface area contributed by atoms with Crippen LogP contribution in [0.2, 0.25) is 0 Å². The van der Waals surface area contributed by atoms with Gasteiger partial charge in [0.2, 0.25) is 5.95 Å². The Balaban J connectivity index is 2.08. The maximum Gasteiger partial charge on any atom is 0.261 e. The Hall–Kier alpha value is -3.00. The molecule has 2 heterocycles. The number of nitrogens with zero attached hydrogens (tertiary/aromatic N) is 2. The number of carbonyl (C=O) groups excluding carboxylic acids is 2. The topological polar surface area (TPSA) is 110 Å². The molecular weight excluding hydrogens is 386 g/mol. The molecule has 0 bridgehead atoms. The first-order valence-corrected chi connectivity index (χ1v) is 10.5. The molecule has 152 valence electrons. The predicted octanol–water partition coefficient (Wildman–Crippen LogP) is 3.53. The van der Waals surface area contributed by atoms with Crippen molar-refractivity contribution < 1.29 is 9.59 Å². The monoisotopic (exact) mass is 411 g/mol. The predicted molar refractivity (Wildman–Crippen MR) is 117 cm³/mol. The van der Waals surface area contributed by atoms with Crippen molar-refractivity contribution in [3.63, 3.8) is 0 Å². The molecule has 0 radical (unpaired) electrons. The summed E-state index contributed by atoms with van der Waals surface area (Å²) < 4.78 is 0. The van der Waals surface area contributed by atoms with Gasteiger partial charge in [-0.2, -0.15) is 0 Å². The van der Waals surface area contributed by atoms with Crippen LogP contribution < -0.4 is 16.4 Å². The molecule has 3 rings (SSSR count). The smallest absolute Gasteiger partial charge is 0.261 e. The van der Waals surface area contributed by atoms with Gasteiger partial charge in [-0.1, -0.05) is 19.9 Å². The van der Waals surface area contributed by atoms with Crippen LogP contribution in [-0.4, -0.2) is 34.9 Å². The highest BCUT2D eigenvalue weighted by Crippen LogP contribution is 2.34. The molecule has 2 aromatic heterocycles. The number of aromatic nitrogens is 2. The molecule has 0 saturated heterocycles. The molecule has 0 unspecified atom stereocenters. The Morgan fingerprint density at radius 1 is 1.03 bits per heavy atom. The summed E-state index contributed by atoms with van der Waals surface area (Å²) in [6.07, 6.45) is 1.73. The fraction of sp³-hybridized carbons (Fsp3) is 0.333. The fourth-order valence-corrected chi connectivity index (χ4v) is 3.89. The van der Waals surface area contributed by atoms with Gasteiger partial charge < -0.3 is 16.4 Å². The van der Waals surface area contributed by atoms with Crippen molar-refractivity contribution >= 4 is 39.3 Å². The van der Waals surface area contributed by atoms with Crippen LogP contribution >= 0.6 is 11.3 Å². The van der Waals surface area contributed by atoms with Gasteiger partial charge in [0.05, 0.1) is 10.6 Å². The molecule has 7 nitrogen and oxygen atoms in total. The van der Waals surface area contributed by atoms with Gasteiger partial charge in [0, 0.05) is 29.6 Å². The van der Waals surface area contributed by atoms with E-state index in [0.717, 1.165) is 29.4 Å². The van der Waals surface area contributed by atoms with E-state index in [2.05, 4.69) is 20.6 Å². The minimum Gasteiger partial charge on any atom is -0.368 e. The summed E-state index contributed by atoms with van der Waals surface area (Å²) >= 11 is 1.28. The Kier molecular flexibility index (Phi) is 6.43. The van der Waals surface area contributed by atoms with E-state index >= 15 is 0 Å². The van der Waals surface area contributed by atoms with Crippen LogP contribution in [-0.2, 0) is 0 Å². The lowest BCUT2D eigenvalue weighted by Gasteiger charge is -2.10. The zero-order valence-corrected chi connectivity index (χ0v) is 17.7. The van der Waals surface area contributed by atoms with Crippen molar-refractivity contribution in [2.24, 2.45) is 0 Å². The molecule has 0 saturated carbocycles. The van der Waals surface area contributed by atoms with Crippen molar-refractivity contribution in [1.82, 2.24) is 20.6 Å². The number of aryl methyl sites for hydroxylation is 1. The number of carbonyl (C=O) groups is 2. The van der Waals surface area contributed by atoms with Gasteiger partial charge in [0.25, 0.3) is 11.8 Å². The molecule has 0 aliphatic heterocycles. The van der Waals surface area contributed by atoms with Gasteiger partial charge in [0.1, 0.15) is 4.83 Å². The Morgan fingerprint density at radius 3 is 2.41 bits per heavy atom. The van der Waals surface area contributed by atoms with Crippen molar-refractivity contribution in [2.45, 2.75) is 33.6 Å². The molecule has 8 heteroatoms. The average molecular weight is 412 g/mol. The number of fused-ring (bicyclic) bond motifs is 1. The van der Waals surface area contributed by atoms with Gasteiger partial charge in [-0.25, -0.2) is 9.97 Å². The zero-order chi connectivity index (χ0) is 21.0. The summed E-state index contributed by atoms with van der Waals surface area (Å²) in [6, 6.07) is 7.30. The highest BCUT2D eigenvalue weighted by atomic mass is 32.1. The number of thiophene rings is 1. The van der Waals surface area contributed by atoms with E-state index in [1.165, 1.54) is 11.3 Å². The van der Waals surface area contributed by atoms with Crippen molar-refractivity contribution in [3.05, 3.63) is 40.3 Å². The highest BCUT2D eigenvalue weighted by molar-refractivity contribution is 7.20. The quantitative estimate of drug-likeness (QED) is 0.551. The summed E-state index contributed by atoms with van der Waals surface area (Å²) in [6.45, 7) is 7.19. The maximum atomic E-state index is 12.4. The molecule has 3 aromatic rings. The molecule has 2 amide bonds. The first kappa shape index (κ1) is 20.7. The van der Waals surface area contributed by atoms with E-state index in [9.17, 15) is 9.59 Å². The second-order valence-electron chi connectivity index (χ2n) is 6.80. The van der Waals surface area contributed by atoms with E-state index in [0.29, 0.717) is 34.1 Å². The van der Waals surface area contributed by atoms with Crippen LogP contribution in [0.4, 0.5) is 5.95 Å². The summed E-state index contributed by atoms with van der Waals surface area (Å²) in [5.41, 5.74) is 8.88. The second kappa shape index (κ2) is 9.00. The molecule has 1 aromatic carbocycles. The Labute approximate surface area is 173 Å². The zero-order valence-electron chi connectivity index (χ0n) is 16.8. The molecule has 0 fully saturated rings. The van der Waals surface area contributed by atoms with Crippen LogP contribution in [0.1, 0.15) is 52.3 Å². The van der Waals surface area contributed by atoms with Gasteiger partial charge in [-0.3, -0.25) is 9.59 Å². The number of benzene rings is 1. The summed E-state index contributed by atoms with van der Waals surface area (Å²) in [5, 5.41) is 6.51. The Bertz CT molecular complexity index is 1060. The first-order chi connectivity index (χ1) is 13.9. The molecular formula is C21H25N5O2S. The van der Waals surface area contributed by atoms with Crippen molar-refractivity contribution in [1.29, 1.82) is 0 Å². The average Bonchev–Trinajstić information content (AvgIpc) is 3.14. The number of rotatable bonds is 7. The van der Waals surface area contributed by atoms with E-state index in [1.807, 2.05) is 32.9 Å². The minimum absolute atomic E-state index is 0.128. The van der Waals surface area contributed by atoms with E-state index in [1.54, 1.807) is 12.1 Å². The lowest BCUT2D eigenvalue weighted by atomic mass is 10.00. The third-order valence-electron chi connectivity index (χ3n) is 4.46. The van der Waals surface area contributed by atoms with Crippen LogP contribution in [0.25, 0.3) is 21.5 Å². The molecule has 0 spiro atoms. The number of nitrogen functional groups attached to an aromatic ring is 1. The van der Waals surface area contributed by atoms with E-state index in [4.69, 9.17) is 5.73 Å². The largest absolute Gasteiger partial charge is 0.368 e.